The molecule has 2 N–H and O–H groups in total. The molecule has 0 saturated heterocycles. The van der Waals surface area contributed by atoms with Crippen LogP contribution in [0.5, 0.6) is 0 Å². The van der Waals surface area contributed by atoms with Gasteiger partial charge >= 0.3 is 6.18 Å². The summed E-state index contributed by atoms with van der Waals surface area (Å²) in [7, 11) is 1.27. The van der Waals surface area contributed by atoms with E-state index in [4.69, 9.17) is 17.3 Å². The summed E-state index contributed by atoms with van der Waals surface area (Å²) in [5.74, 6) is -2.21. The minimum atomic E-state index is -4.64. The van der Waals surface area contributed by atoms with E-state index in [1.807, 2.05) is 0 Å². The largest absolute Gasteiger partial charge is 0.417 e. The summed E-state index contributed by atoms with van der Waals surface area (Å²) < 4.78 is 52.1. The number of benzene rings is 2. The molecule has 0 saturated carbocycles. The van der Waals surface area contributed by atoms with Gasteiger partial charge in [0.2, 0.25) is 11.8 Å². The van der Waals surface area contributed by atoms with Crippen LogP contribution in [0, 0.1) is 5.82 Å². The van der Waals surface area contributed by atoms with E-state index >= 15 is 0 Å². The zero-order valence-corrected chi connectivity index (χ0v) is 15.3. The third-order valence-corrected chi connectivity index (χ3v) is 4.21. The number of hydrogen-bond acceptors (Lipinski definition) is 2. The Morgan fingerprint density at radius 2 is 1.86 bits per heavy atom. The fourth-order valence-corrected chi connectivity index (χ4v) is 2.76. The summed E-state index contributed by atoms with van der Waals surface area (Å²) in [6, 6.07) is 6.95. The Bertz CT molecular complexity index is 928. The molecule has 2 aromatic carbocycles. The molecule has 0 spiro atoms. The summed E-state index contributed by atoms with van der Waals surface area (Å²) in [4.78, 5) is 25.1. The average Bonchev–Trinajstić information content (AvgIpc) is 2.59. The molecule has 0 aromatic heterocycles. The van der Waals surface area contributed by atoms with Gasteiger partial charge in [-0.1, -0.05) is 29.8 Å². The van der Waals surface area contributed by atoms with Crippen molar-refractivity contribution in [1.82, 2.24) is 4.90 Å². The van der Waals surface area contributed by atoms with Gasteiger partial charge in [0.1, 0.15) is 11.9 Å². The first-order valence-electron chi connectivity index (χ1n) is 7.87. The number of nitrogens with zero attached hydrogens (tertiary/aromatic N) is 1. The van der Waals surface area contributed by atoms with Gasteiger partial charge in [0, 0.05) is 13.1 Å². The van der Waals surface area contributed by atoms with Crippen molar-refractivity contribution in [3.8, 4) is 0 Å². The van der Waals surface area contributed by atoms with Crippen molar-refractivity contribution in [2.24, 2.45) is 5.73 Å². The number of amides is 2. The van der Waals surface area contributed by atoms with Gasteiger partial charge in [0.05, 0.1) is 10.6 Å². The molecular weight excluding hydrogens is 400 g/mol. The highest BCUT2D eigenvalue weighted by molar-refractivity contribution is 6.31. The molecule has 2 aromatic rings. The highest BCUT2D eigenvalue weighted by Gasteiger charge is 2.33. The number of likely N-dealkylation sites (N-methyl/N-ethyl adjacent to an activating group) is 1. The summed E-state index contributed by atoms with van der Waals surface area (Å²) in [6.45, 7) is 0. The van der Waals surface area contributed by atoms with Crippen LogP contribution in [-0.4, -0.2) is 23.8 Å². The van der Waals surface area contributed by atoms with Crippen molar-refractivity contribution >= 4 is 29.5 Å². The van der Waals surface area contributed by atoms with Crippen molar-refractivity contribution in [3.63, 3.8) is 0 Å². The van der Waals surface area contributed by atoms with Crippen molar-refractivity contribution in [2.75, 3.05) is 7.05 Å². The highest BCUT2D eigenvalue weighted by atomic mass is 35.5. The molecule has 0 fully saturated rings. The molecule has 2 amide bonds. The van der Waals surface area contributed by atoms with Crippen LogP contribution in [0.25, 0.3) is 6.08 Å². The van der Waals surface area contributed by atoms with Crippen LogP contribution < -0.4 is 5.73 Å². The molecule has 1 atom stereocenters. The van der Waals surface area contributed by atoms with Crippen LogP contribution >= 0.6 is 11.6 Å². The molecule has 0 aliphatic rings. The molecule has 9 heteroatoms. The fraction of sp³-hybridized carbons (Fsp3) is 0.158. The number of halogens is 5. The molecule has 2 rings (SSSR count). The maximum Gasteiger partial charge on any atom is 0.417 e. The van der Waals surface area contributed by atoms with Gasteiger partial charge in [0.25, 0.3) is 0 Å². The van der Waals surface area contributed by atoms with Crippen LogP contribution in [-0.2, 0) is 15.8 Å². The number of nitrogens with two attached hydrogens (primary N) is 1. The van der Waals surface area contributed by atoms with Gasteiger partial charge < -0.3 is 10.6 Å². The van der Waals surface area contributed by atoms with E-state index in [-0.39, 0.29) is 11.1 Å². The van der Waals surface area contributed by atoms with E-state index in [1.54, 1.807) is 0 Å². The molecule has 0 aliphatic heterocycles. The van der Waals surface area contributed by atoms with Gasteiger partial charge in [-0.25, -0.2) is 4.39 Å². The molecule has 28 heavy (non-hydrogen) atoms. The summed E-state index contributed by atoms with van der Waals surface area (Å²) >= 11 is 5.55. The smallest absolute Gasteiger partial charge is 0.368 e. The van der Waals surface area contributed by atoms with E-state index in [9.17, 15) is 27.2 Å². The number of alkyl halides is 3. The van der Waals surface area contributed by atoms with E-state index in [0.717, 1.165) is 35.3 Å². The Labute approximate surface area is 163 Å². The van der Waals surface area contributed by atoms with E-state index in [1.165, 1.54) is 31.3 Å². The fourth-order valence-electron chi connectivity index (χ4n) is 2.53. The summed E-state index contributed by atoms with van der Waals surface area (Å²) in [5.41, 5.74) is 4.55. The van der Waals surface area contributed by atoms with Gasteiger partial charge in [-0.05, 0) is 41.5 Å². The minimum absolute atomic E-state index is 0.0832. The van der Waals surface area contributed by atoms with Crippen LogP contribution in [0.4, 0.5) is 17.6 Å². The molecule has 4 nitrogen and oxygen atoms in total. The predicted octanol–water partition coefficient (Wildman–Crippen LogP) is 4.20. The van der Waals surface area contributed by atoms with Crippen LogP contribution in [0.2, 0.25) is 5.02 Å². The molecule has 0 bridgehead atoms. The topological polar surface area (TPSA) is 63.4 Å². The van der Waals surface area contributed by atoms with Crippen LogP contribution in [0.15, 0.2) is 48.5 Å². The number of carbonyl (C=O) groups excluding carboxylic acids is 2. The summed E-state index contributed by atoms with van der Waals surface area (Å²) in [5, 5.41) is -0.465. The number of primary amides is 1. The van der Waals surface area contributed by atoms with Crippen molar-refractivity contribution in [3.05, 3.63) is 76.1 Å². The summed E-state index contributed by atoms with van der Waals surface area (Å²) in [6.07, 6.45) is -2.51. The molecular formula is C19H15ClF4N2O2. The first-order chi connectivity index (χ1) is 13.0. The number of rotatable bonds is 5. The Balaban J connectivity index is 2.26. The lowest BCUT2D eigenvalue weighted by Crippen LogP contribution is -2.38. The van der Waals surface area contributed by atoms with Gasteiger partial charge in [-0.2, -0.15) is 13.2 Å². The average molecular weight is 415 g/mol. The minimum Gasteiger partial charge on any atom is -0.368 e. The monoisotopic (exact) mass is 414 g/mol. The zero-order valence-electron chi connectivity index (χ0n) is 14.5. The second-order valence-electron chi connectivity index (χ2n) is 5.88. The van der Waals surface area contributed by atoms with Crippen molar-refractivity contribution in [1.29, 1.82) is 0 Å². The lowest BCUT2D eigenvalue weighted by Gasteiger charge is -2.25. The number of carbonyl (C=O) groups is 2. The van der Waals surface area contributed by atoms with Crippen molar-refractivity contribution < 1.29 is 27.2 Å². The second-order valence-corrected chi connectivity index (χ2v) is 6.29. The first-order valence-corrected chi connectivity index (χ1v) is 8.25. The molecule has 1 unspecified atom stereocenters. The lowest BCUT2D eigenvalue weighted by molar-refractivity contribution is -0.137. The quantitative estimate of drug-likeness (QED) is 0.589. The van der Waals surface area contributed by atoms with E-state index < -0.39 is 40.4 Å². The Kier molecular flexibility index (Phi) is 6.45. The van der Waals surface area contributed by atoms with Gasteiger partial charge in [-0.15, -0.1) is 0 Å². The third-order valence-electron chi connectivity index (χ3n) is 3.88. The molecule has 148 valence electrons. The van der Waals surface area contributed by atoms with Crippen LogP contribution in [0.3, 0.4) is 0 Å². The standard InChI is InChI=1S/C19H15ClF4N2O2/c1-26(17(18(25)28)12-3-2-4-13(21)10-12)16(27)8-6-11-5-7-15(20)14(9-11)19(22,23)24/h2-10,17H,1H3,(H2,25,28)/b8-6+. The first kappa shape index (κ1) is 21.4. The Hall–Kier alpha value is -2.87. The SMILES string of the molecule is CN(C(=O)/C=C/c1ccc(Cl)c(C(F)(F)F)c1)C(C(N)=O)c1cccc(F)c1. The third kappa shape index (κ3) is 5.10. The molecule has 0 radical (unpaired) electrons. The van der Waals surface area contributed by atoms with E-state index in [2.05, 4.69) is 0 Å². The van der Waals surface area contributed by atoms with Gasteiger partial charge in [0.15, 0.2) is 0 Å². The molecule has 0 aliphatic carbocycles. The second kappa shape index (κ2) is 8.43. The van der Waals surface area contributed by atoms with Crippen LogP contribution in [0.1, 0.15) is 22.7 Å². The maximum atomic E-state index is 13.4. The molecule has 0 heterocycles. The zero-order chi connectivity index (χ0) is 21.1. The van der Waals surface area contributed by atoms with Crippen molar-refractivity contribution in [2.45, 2.75) is 12.2 Å². The predicted molar refractivity (Wildman–Crippen MR) is 96.6 cm³/mol. The Morgan fingerprint density at radius 3 is 2.43 bits per heavy atom. The normalized spacial score (nSPS) is 12.8. The van der Waals surface area contributed by atoms with Gasteiger partial charge in [-0.3, -0.25) is 9.59 Å². The van der Waals surface area contributed by atoms with E-state index in [0.29, 0.717) is 0 Å². The number of hydrogen-bond donors (Lipinski definition) is 1. The maximum absolute atomic E-state index is 13.4. The Morgan fingerprint density at radius 1 is 1.18 bits per heavy atom. The lowest BCUT2D eigenvalue weighted by atomic mass is 10.0. The highest BCUT2D eigenvalue weighted by Crippen LogP contribution is 2.35.